The van der Waals surface area contributed by atoms with Crippen LogP contribution in [0.5, 0.6) is 11.5 Å². The molecule has 0 amide bonds. The highest BCUT2D eigenvalue weighted by Gasteiger charge is 2.74. The molecule has 5 aliphatic rings. The number of hydrogen-bond acceptors (Lipinski definition) is 7. The van der Waals surface area contributed by atoms with E-state index in [0.29, 0.717) is 17.5 Å². The van der Waals surface area contributed by atoms with Crippen LogP contribution in [0.4, 0.5) is 4.79 Å². The molecule has 6 unspecified atom stereocenters. The molecular weight excluding hydrogens is 446 g/mol. The van der Waals surface area contributed by atoms with E-state index in [1.165, 1.54) is 24.0 Å². The predicted molar refractivity (Wildman–Crippen MR) is 129 cm³/mol. The number of ether oxygens (including phenoxy) is 4. The molecule has 3 aliphatic carbocycles. The normalized spacial score (nSPS) is 36.8. The van der Waals surface area contributed by atoms with E-state index < -0.39 is 6.16 Å². The molecule has 1 spiro atoms. The third-order valence-corrected chi connectivity index (χ3v) is 9.91. The summed E-state index contributed by atoms with van der Waals surface area (Å²) in [7, 11) is 1.70. The highest BCUT2D eigenvalue weighted by Crippen LogP contribution is 2.71. The number of carbonyl (C=O) groups is 2. The van der Waals surface area contributed by atoms with Crippen molar-refractivity contribution in [2.24, 2.45) is 17.3 Å². The van der Waals surface area contributed by atoms with Crippen LogP contribution >= 0.6 is 0 Å². The number of piperidine rings is 1. The summed E-state index contributed by atoms with van der Waals surface area (Å²) in [6, 6.07) is 4.33. The Kier molecular flexibility index (Phi) is 5.46. The van der Waals surface area contributed by atoms with Crippen LogP contribution in [0.1, 0.15) is 64.0 Å². The molecule has 7 heteroatoms. The zero-order chi connectivity index (χ0) is 24.5. The van der Waals surface area contributed by atoms with Gasteiger partial charge in [0.15, 0.2) is 11.5 Å². The molecule has 2 heterocycles. The molecule has 35 heavy (non-hydrogen) atoms. The summed E-state index contributed by atoms with van der Waals surface area (Å²) in [6.07, 6.45) is 4.99. The first-order valence-electron chi connectivity index (χ1n) is 13.3. The maximum atomic E-state index is 13.0. The largest absolute Gasteiger partial charge is 0.513 e. The quantitative estimate of drug-likeness (QED) is 0.423. The Morgan fingerprint density at radius 3 is 2.69 bits per heavy atom. The lowest BCUT2D eigenvalue weighted by Crippen LogP contribution is -2.75. The van der Waals surface area contributed by atoms with Gasteiger partial charge in [0.25, 0.3) is 0 Å². The molecule has 6 rings (SSSR count). The van der Waals surface area contributed by atoms with E-state index in [1.54, 1.807) is 21.0 Å². The van der Waals surface area contributed by atoms with Crippen molar-refractivity contribution in [3.05, 3.63) is 23.3 Å². The molecule has 7 nitrogen and oxygen atoms in total. The van der Waals surface area contributed by atoms with Crippen molar-refractivity contribution < 1.29 is 28.5 Å². The molecule has 1 aromatic rings. The molecule has 6 atom stereocenters. The van der Waals surface area contributed by atoms with Crippen LogP contribution in [0.2, 0.25) is 0 Å². The Balaban J connectivity index is 1.54. The maximum absolute atomic E-state index is 13.0. The van der Waals surface area contributed by atoms with Crippen LogP contribution < -0.4 is 9.47 Å². The average molecular weight is 484 g/mol. The van der Waals surface area contributed by atoms with Crippen LogP contribution in [0, 0.1) is 17.3 Å². The Hall–Kier alpha value is -2.12. The van der Waals surface area contributed by atoms with Crippen molar-refractivity contribution in [2.75, 3.05) is 26.8 Å². The van der Waals surface area contributed by atoms with E-state index in [4.69, 9.17) is 18.9 Å². The minimum Gasteiger partial charge on any atom is -0.482 e. The number of nitrogens with zero attached hydrogens (tertiary/aromatic N) is 1. The van der Waals surface area contributed by atoms with Gasteiger partial charge in [-0.3, -0.25) is 9.69 Å². The van der Waals surface area contributed by atoms with Crippen LogP contribution in [-0.4, -0.2) is 61.9 Å². The monoisotopic (exact) mass is 483 g/mol. The van der Waals surface area contributed by atoms with Crippen molar-refractivity contribution in [3.8, 4) is 11.5 Å². The van der Waals surface area contributed by atoms with E-state index >= 15 is 0 Å². The molecule has 3 fully saturated rings. The third kappa shape index (κ3) is 3.10. The van der Waals surface area contributed by atoms with Gasteiger partial charge < -0.3 is 18.9 Å². The summed E-state index contributed by atoms with van der Waals surface area (Å²) in [6.45, 7) is 8.16. The van der Waals surface area contributed by atoms with E-state index in [9.17, 15) is 9.59 Å². The van der Waals surface area contributed by atoms with Gasteiger partial charge in [-0.25, -0.2) is 4.79 Å². The van der Waals surface area contributed by atoms with Gasteiger partial charge in [-0.05, 0) is 76.5 Å². The highest BCUT2D eigenvalue weighted by molar-refractivity contribution is 5.80. The molecule has 2 saturated carbocycles. The lowest BCUT2D eigenvalue weighted by Gasteiger charge is -2.67. The number of ketones is 1. The highest BCUT2D eigenvalue weighted by atomic mass is 16.7. The molecule has 0 radical (unpaired) electrons. The number of benzene rings is 1. The SMILES string of the molecule is CCOC(=O)Oc1ccc2c3c1OC1C(OC)C(C(C)=O)CC4(CC)C(C2)N(CC2CC2)CCC314. The molecule has 0 N–H and O–H groups in total. The lowest BCUT2D eigenvalue weighted by molar-refractivity contribution is -0.192. The van der Waals surface area contributed by atoms with Crippen LogP contribution in [0.25, 0.3) is 0 Å². The van der Waals surface area contributed by atoms with Crippen LogP contribution in [0.3, 0.4) is 0 Å². The number of rotatable bonds is 7. The second-order valence-corrected chi connectivity index (χ2v) is 11.3. The Morgan fingerprint density at radius 1 is 1.23 bits per heavy atom. The van der Waals surface area contributed by atoms with Gasteiger partial charge in [-0.2, -0.15) is 0 Å². The Labute approximate surface area is 207 Å². The van der Waals surface area contributed by atoms with Crippen molar-refractivity contribution in [1.29, 1.82) is 0 Å². The number of methoxy groups -OCH3 is 1. The summed E-state index contributed by atoms with van der Waals surface area (Å²) < 4.78 is 23.6. The van der Waals surface area contributed by atoms with Gasteiger partial charge in [0.05, 0.1) is 6.61 Å². The smallest absolute Gasteiger partial charge is 0.482 e. The summed E-state index contributed by atoms with van der Waals surface area (Å²) in [5.74, 6) is 1.82. The van der Waals surface area contributed by atoms with Gasteiger partial charge in [0.1, 0.15) is 18.0 Å². The summed E-state index contributed by atoms with van der Waals surface area (Å²) >= 11 is 0. The van der Waals surface area contributed by atoms with E-state index in [2.05, 4.69) is 17.9 Å². The fraction of sp³-hybridized carbons (Fsp3) is 0.714. The van der Waals surface area contributed by atoms with E-state index in [-0.39, 0.29) is 41.3 Å². The van der Waals surface area contributed by atoms with Gasteiger partial charge in [0, 0.05) is 42.0 Å². The molecule has 1 saturated heterocycles. The Morgan fingerprint density at radius 2 is 2.03 bits per heavy atom. The first-order chi connectivity index (χ1) is 16.9. The van der Waals surface area contributed by atoms with Gasteiger partial charge in [-0.15, -0.1) is 0 Å². The number of hydrogen-bond donors (Lipinski definition) is 0. The van der Waals surface area contributed by atoms with E-state index in [1.807, 2.05) is 6.07 Å². The summed E-state index contributed by atoms with van der Waals surface area (Å²) in [5, 5.41) is 0. The van der Waals surface area contributed by atoms with Crippen molar-refractivity contribution in [2.45, 2.75) is 83.0 Å². The second-order valence-electron chi connectivity index (χ2n) is 11.3. The molecular formula is C28H37NO6. The fourth-order valence-corrected chi connectivity index (χ4v) is 8.37. The number of Topliss-reactive ketones (excluding diaryl/α,β-unsaturated/α-hetero) is 1. The van der Waals surface area contributed by atoms with E-state index in [0.717, 1.165) is 44.7 Å². The predicted octanol–water partition coefficient (Wildman–Crippen LogP) is 4.28. The fourth-order valence-electron chi connectivity index (χ4n) is 8.37. The van der Waals surface area contributed by atoms with Gasteiger partial charge in [0.2, 0.25) is 0 Å². The minimum absolute atomic E-state index is 0.100. The third-order valence-electron chi connectivity index (χ3n) is 9.91. The number of likely N-dealkylation sites (tertiary alicyclic amines) is 1. The van der Waals surface area contributed by atoms with Crippen LogP contribution in [0.15, 0.2) is 12.1 Å². The molecule has 190 valence electrons. The molecule has 2 aliphatic heterocycles. The van der Waals surface area contributed by atoms with Crippen molar-refractivity contribution in [3.63, 3.8) is 0 Å². The topological polar surface area (TPSA) is 74.3 Å². The molecule has 1 aromatic carbocycles. The molecule has 0 aromatic heterocycles. The average Bonchev–Trinajstić information content (AvgIpc) is 3.58. The van der Waals surface area contributed by atoms with Crippen molar-refractivity contribution in [1.82, 2.24) is 4.90 Å². The van der Waals surface area contributed by atoms with Gasteiger partial charge >= 0.3 is 6.16 Å². The van der Waals surface area contributed by atoms with Crippen molar-refractivity contribution >= 4 is 11.9 Å². The second kappa shape index (κ2) is 8.20. The molecule has 2 bridgehead atoms. The number of carbonyl (C=O) groups excluding carboxylic acids is 2. The first-order valence-corrected chi connectivity index (χ1v) is 13.3. The summed E-state index contributed by atoms with van der Waals surface area (Å²) in [4.78, 5) is 28.0. The standard InChI is InChI=1S/C28H37NO6/c1-5-27-14-19(16(3)30)23(32-4)25-28(27)11-12-29(15-17-7-8-17)21(27)13-18-9-10-20(24(35-25)22(18)28)34-26(31)33-6-2/h9-10,17,19,21,23,25H,5-8,11-15H2,1-4H3. The van der Waals surface area contributed by atoms with Crippen LogP contribution in [-0.2, 0) is 26.1 Å². The summed E-state index contributed by atoms with van der Waals surface area (Å²) in [5.41, 5.74) is 2.11. The zero-order valence-electron chi connectivity index (χ0n) is 21.3. The first kappa shape index (κ1) is 23.3. The minimum atomic E-state index is -0.723. The maximum Gasteiger partial charge on any atom is 0.513 e. The van der Waals surface area contributed by atoms with Gasteiger partial charge in [-0.1, -0.05) is 13.0 Å². The zero-order valence-corrected chi connectivity index (χ0v) is 21.3. The Bertz CT molecular complexity index is 1050. The lowest BCUT2D eigenvalue weighted by atomic mass is 9.41.